The van der Waals surface area contributed by atoms with Gasteiger partial charge in [0.25, 0.3) is 0 Å². The van der Waals surface area contributed by atoms with Gasteiger partial charge in [0.15, 0.2) is 5.06 Å². The number of likely N-dealkylation sites (N-methyl/N-ethyl adjacent to an activating group) is 1. The lowest BCUT2D eigenvalue weighted by atomic mass is 10.2. The van der Waals surface area contributed by atoms with Gasteiger partial charge < -0.3 is 14.7 Å². The summed E-state index contributed by atoms with van der Waals surface area (Å²) in [6, 6.07) is -0.318. The Morgan fingerprint density at radius 1 is 1.47 bits per heavy atom. The molecule has 2 rings (SSSR count). The van der Waals surface area contributed by atoms with Crippen LogP contribution in [0.25, 0.3) is 0 Å². The maximum absolute atomic E-state index is 12.0. The first-order valence-corrected chi connectivity index (χ1v) is 8.77. The zero-order valence-corrected chi connectivity index (χ0v) is 13.1. The molecule has 0 aromatic heterocycles. The molecule has 0 spiro atoms. The van der Waals surface area contributed by atoms with E-state index in [0.717, 1.165) is 18.8 Å². The van der Waals surface area contributed by atoms with Crippen LogP contribution in [0.3, 0.4) is 0 Å². The first-order chi connectivity index (χ1) is 9.07. The second-order valence-corrected chi connectivity index (χ2v) is 7.25. The Morgan fingerprint density at radius 2 is 2.26 bits per heavy atom. The van der Waals surface area contributed by atoms with Crippen molar-refractivity contribution >= 4 is 29.5 Å². The lowest BCUT2D eigenvalue weighted by molar-refractivity contribution is -0.153. The van der Waals surface area contributed by atoms with Gasteiger partial charge in [0.05, 0.1) is 6.61 Å². The molecule has 0 radical (unpaired) electrons. The second kappa shape index (κ2) is 6.67. The summed E-state index contributed by atoms with van der Waals surface area (Å²) < 4.78 is 5.12. The number of thioether (sulfide) groups is 2. The molecule has 110 valence electrons. The van der Waals surface area contributed by atoms with Crippen molar-refractivity contribution in [3.63, 3.8) is 0 Å². The minimum absolute atomic E-state index is 0.210. The van der Waals surface area contributed by atoms with E-state index in [0.29, 0.717) is 24.7 Å². The van der Waals surface area contributed by atoms with Crippen LogP contribution in [0.5, 0.6) is 0 Å². The molecular formula is C12H22N2O3S2. The maximum Gasteiger partial charge on any atom is 0.324 e. The second-order valence-electron chi connectivity index (χ2n) is 4.87. The molecule has 0 aliphatic carbocycles. The van der Waals surface area contributed by atoms with Crippen LogP contribution < -0.4 is 0 Å². The van der Waals surface area contributed by atoms with E-state index in [9.17, 15) is 9.90 Å². The standard InChI is InChI=1S/C12H22N2O3S2/c1-3-17-11(15)10-8-19-12(16)9-18-7-6-13(2)4-5-14(10)12/h10,16H,3-9H2,1-2H3/t10-,12?/m0/s1. The fraction of sp³-hybridized carbons (Fsp3) is 0.917. The number of fused-ring (bicyclic) bond motifs is 1. The zero-order chi connectivity index (χ0) is 13.9. The Bertz CT molecular complexity index is 332. The Kier molecular flexibility index (Phi) is 5.42. The molecule has 7 heteroatoms. The van der Waals surface area contributed by atoms with Gasteiger partial charge in [-0.3, -0.25) is 9.69 Å². The number of carbonyl (C=O) groups excluding carboxylic acids is 1. The molecule has 0 bridgehead atoms. The van der Waals surface area contributed by atoms with Crippen LogP contribution in [0.2, 0.25) is 0 Å². The molecule has 0 saturated carbocycles. The summed E-state index contributed by atoms with van der Waals surface area (Å²) in [5.74, 6) is 2.05. The highest BCUT2D eigenvalue weighted by atomic mass is 32.2. The molecule has 1 unspecified atom stereocenters. The molecule has 0 aromatic rings. The number of ether oxygens (including phenoxy) is 1. The van der Waals surface area contributed by atoms with Crippen molar-refractivity contribution in [1.82, 2.24) is 9.80 Å². The number of esters is 1. The molecule has 2 heterocycles. The van der Waals surface area contributed by atoms with Gasteiger partial charge in [-0.25, -0.2) is 0 Å². The van der Waals surface area contributed by atoms with Crippen molar-refractivity contribution in [3.8, 4) is 0 Å². The van der Waals surface area contributed by atoms with E-state index < -0.39 is 5.06 Å². The van der Waals surface area contributed by atoms with Crippen LogP contribution in [0.1, 0.15) is 6.92 Å². The summed E-state index contributed by atoms with van der Waals surface area (Å²) in [6.45, 7) is 4.78. The van der Waals surface area contributed by atoms with Crippen LogP contribution in [-0.4, -0.2) is 82.5 Å². The Hall–Kier alpha value is 0.0500. The van der Waals surface area contributed by atoms with E-state index in [-0.39, 0.29) is 12.0 Å². The van der Waals surface area contributed by atoms with Crippen molar-refractivity contribution < 1.29 is 14.6 Å². The van der Waals surface area contributed by atoms with Gasteiger partial charge in [-0.15, -0.1) is 11.8 Å². The minimum Gasteiger partial charge on any atom is -0.465 e. The average Bonchev–Trinajstić information content (AvgIpc) is 2.71. The number of hydrogen-bond donors (Lipinski definition) is 1. The zero-order valence-electron chi connectivity index (χ0n) is 11.5. The third-order valence-electron chi connectivity index (χ3n) is 3.49. The van der Waals surface area contributed by atoms with E-state index in [1.54, 1.807) is 11.8 Å². The van der Waals surface area contributed by atoms with Crippen molar-refractivity contribution in [2.45, 2.75) is 18.0 Å². The smallest absolute Gasteiger partial charge is 0.324 e. The van der Waals surface area contributed by atoms with Crippen molar-refractivity contribution in [3.05, 3.63) is 0 Å². The number of aliphatic hydroxyl groups is 1. The Labute approximate surface area is 123 Å². The number of hydrogen-bond acceptors (Lipinski definition) is 7. The first-order valence-electron chi connectivity index (χ1n) is 6.63. The molecule has 19 heavy (non-hydrogen) atoms. The van der Waals surface area contributed by atoms with Crippen LogP contribution in [-0.2, 0) is 9.53 Å². The normalized spacial score (nSPS) is 34.2. The third kappa shape index (κ3) is 3.58. The van der Waals surface area contributed by atoms with Crippen LogP contribution in [0.4, 0.5) is 0 Å². The molecule has 0 amide bonds. The number of nitrogens with zero attached hydrogens (tertiary/aromatic N) is 2. The number of rotatable bonds is 2. The highest BCUT2D eigenvalue weighted by Gasteiger charge is 2.49. The predicted octanol–water partition coefficient (Wildman–Crippen LogP) is 0.292. The number of carbonyl (C=O) groups is 1. The third-order valence-corrected chi connectivity index (χ3v) is 6.07. The minimum atomic E-state index is -0.923. The van der Waals surface area contributed by atoms with E-state index in [4.69, 9.17) is 4.74 Å². The lowest BCUT2D eigenvalue weighted by Gasteiger charge is -2.34. The highest BCUT2D eigenvalue weighted by molar-refractivity contribution is 8.03. The van der Waals surface area contributed by atoms with Crippen molar-refractivity contribution in [2.75, 3.05) is 50.5 Å². The van der Waals surface area contributed by atoms with E-state index in [1.807, 2.05) is 11.8 Å². The molecule has 2 aliphatic heterocycles. The fourth-order valence-corrected chi connectivity index (χ4v) is 5.06. The van der Waals surface area contributed by atoms with Gasteiger partial charge >= 0.3 is 5.97 Å². The summed E-state index contributed by atoms with van der Waals surface area (Å²) >= 11 is 3.21. The van der Waals surface area contributed by atoms with Crippen LogP contribution in [0, 0.1) is 0 Å². The topological polar surface area (TPSA) is 53.0 Å². The lowest BCUT2D eigenvalue weighted by Crippen LogP contribution is -2.52. The van der Waals surface area contributed by atoms with Gasteiger partial charge in [0.2, 0.25) is 0 Å². The highest BCUT2D eigenvalue weighted by Crippen LogP contribution is 2.40. The Balaban J connectivity index is 2.11. The predicted molar refractivity (Wildman–Crippen MR) is 79.4 cm³/mol. The van der Waals surface area contributed by atoms with Crippen molar-refractivity contribution in [1.29, 1.82) is 0 Å². The van der Waals surface area contributed by atoms with Gasteiger partial charge in [-0.2, -0.15) is 11.8 Å². The van der Waals surface area contributed by atoms with E-state index in [1.165, 1.54) is 11.8 Å². The van der Waals surface area contributed by atoms with E-state index in [2.05, 4.69) is 11.9 Å². The summed E-state index contributed by atoms with van der Waals surface area (Å²) in [5, 5.41) is 9.83. The SMILES string of the molecule is CCOC(=O)[C@@H]1CSC2(O)CSCCN(C)CCN12. The first kappa shape index (κ1) is 15.4. The molecule has 0 aromatic carbocycles. The van der Waals surface area contributed by atoms with Crippen molar-refractivity contribution in [2.24, 2.45) is 0 Å². The molecule has 2 saturated heterocycles. The Morgan fingerprint density at radius 3 is 3.00 bits per heavy atom. The summed E-state index contributed by atoms with van der Waals surface area (Å²) in [6.07, 6.45) is 0. The molecule has 2 aliphatic rings. The van der Waals surface area contributed by atoms with Crippen LogP contribution in [0.15, 0.2) is 0 Å². The molecular weight excluding hydrogens is 284 g/mol. The average molecular weight is 306 g/mol. The molecule has 2 atom stereocenters. The van der Waals surface area contributed by atoms with Crippen LogP contribution >= 0.6 is 23.5 Å². The summed E-state index contributed by atoms with van der Waals surface area (Å²) in [7, 11) is 2.08. The molecule has 2 fully saturated rings. The van der Waals surface area contributed by atoms with Gasteiger partial charge in [0.1, 0.15) is 6.04 Å². The summed E-state index contributed by atoms with van der Waals surface area (Å²) in [4.78, 5) is 16.2. The van der Waals surface area contributed by atoms with Gasteiger partial charge in [0, 0.05) is 36.9 Å². The maximum atomic E-state index is 12.0. The van der Waals surface area contributed by atoms with Gasteiger partial charge in [-0.05, 0) is 14.0 Å². The van der Waals surface area contributed by atoms with Gasteiger partial charge in [-0.1, -0.05) is 0 Å². The fourth-order valence-electron chi connectivity index (χ4n) is 2.33. The monoisotopic (exact) mass is 306 g/mol. The summed E-state index contributed by atoms with van der Waals surface area (Å²) in [5.41, 5.74) is 0. The quantitative estimate of drug-likeness (QED) is 0.736. The largest absolute Gasteiger partial charge is 0.465 e. The van der Waals surface area contributed by atoms with E-state index >= 15 is 0 Å². The molecule has 5 nitrogen and oxygen atoms in total. The molecule has 1 N–H and O–H groups in total.